The smallest absolute Gasteiger partial charge is 0.234 e. The quantitative estimate of drug-likeness (QED) is 0.780. The Morgan fingerprint density at radius 2 is 1.83 bits per heavy atom. The molecule has 2 saturated heterocycles. The van der Waals surface area contributed by atoms with Gasteiger partial charge in [0.2, 0.25) is 5.91 Å². The number of nitrogens with one attached hydrogen (secondary N) is 1. The van der Waals surface area contributed by atoms with Crippen molar-refractivity contribution in [1.82, 2.24) is 10.2 Å². The molecule has 0 saturated carbocycles. The molecule has 0 aliphatic carbocycles. The number of amides is 1. The largest absolute Gasteiger partial charge is 0.371 e. The minimum Gasteiger partial charge on any atom is -0.371 e. The summed E-state index contributed by atoms with van der Waals surface area (Å²) in [6.07, 6.45) is 4.21. The number of rotatable bonds is 7. The molecule has 0 radical (unpaired) electrons. The van der Waals surface area contributed by atoms with Crippen molar-refractivity contribution in [3.05, 3.63) is 66.0 Å². The van der Waals surface area contributed by atoms with Crippen molar-refractivity contribution in [2.75, 3.05) is 37.6 Å². The van der Waals surface area contributed by atoms with Gasteiger partial charge in [-0.2, -0.15) is 0 Å². The van der Waals surface area contributed by atoms with Crippen molar-refractivity contribution in [2.45, 2.75) is 31.7 Å². The maximum Gasteiger partial charge on any atom is 0.234 e. The lowest BCUT2D eigenvalue weighted by Gasteiger charge is -2.24. The van der Waals surface area contributed by atoms with E-state index in [1.807, 2.05) is 18.2 Å². The molecule has 29 heavy (non-hydrogen) atoms. The van der Waals surface area contributed by atoms with Gasteiger partial charge < -0.3 is 10.2 Å². The molecule has 5 heteroatoms. The van der Waals surface area contributed by atoms with E-state index in [1.54, 1.807) is 0 Å². The molecule has 1 N–H and O–H groups in total. The SMILES string of the molecule is O=C(CN1CCC[C@@H]1Cc1ccc(F)cc1)NC[C@H]1CCN(c2ccccc2)C1. The summed E-state index contributed by atoms with van der Waals surface area (Å²) in [7, 11) is 0. The normalized spacial score (nSPS) is 22.2. The molecule has 2 aromatic rings. The number of likely N-dealkylation sites (tertiary alicyclic amines) is 1. The lowest BCUT2D eigenvalue weighted by Crippen LogP contribution is -2.42. The Labute approximate surface area is 172 Å². The number of carbonyl (C=O) groups is 1. The third-order valence-electron chi connectivity index (χ3n) is 6.23. The predicted octanol–water partition coefficient (Wildman–Crippen LogP) is 3.48. The molecule has 2 aliphatic heterocycles. The fraction of sp³-hybridized carbons (Fsp3) is 0.458. The molecule has 2 aliphatic rings. The van der Waals surface area contributed by atoms with E-state index in [4.69, 9.17) is 0 Å². The van der Waals surface area contributed by atoms with Crippen molar-refractivity contribution < 1.29 is 9.18 Å². The van der Waals surface area contributed by atoms with Gasteiger partial charge in [-0.15, -0.1) is 0 Å². The van der Waals surface area contributed by atoms with Gasteiger partial charge in [0.25, 0.3) is 0 Å². The Bertz CT molecular complexity index is 796. The van der Waals surface area contributed by atoms with Crippen LogP contribution < -0.4 is 10.2 Å². The van der Waals surface area contributed by atoms with E-state index in [9.17, 15) is 9.18 Å². The molecular weight excluding hydrogens is 365 g/mol. The topological polar surface area (TPSA) is 35.6 Å². The standard InChI is InChI=1S/C24H30FN3O/c25-21-10-8-19(9-11-21)15-23-7-4-13-27(23)18-24(29)26-16-20-12-14-28(17-20)22-5-2-1-3-6-22/h1-3,5-6,8-11,20,23H,4,7,12-18H2,(H,26,29)/t20-,23-/m1/s1. The maximum absolute atomic E-state index is 13.1. The number of hydrogen-bond donors (Lipinski definition) is 1. The van der Waals surface area contributed by atoms with Crippen LogP contribution in [0.25, 0.3) is 0 Å². The van der Waals surface area contributed by atoms with Gasteiger partial charge in [0.1, 0.15) is 5.82 Å². The van der Waals surface area contributed by atoms with Crippen LogP contribution in [0.2, 0.25) is 0 Å². The van der Waals surface area contributed by atoms with E-state index in [1.165, 1.54) is 17.8 Å². The van der Waals surface area contributed by atoms with Gasteiger partial charge in [0.05, 0.1) is 6.54 Å². The van der Waals surface area contributed by atoms with E-state index < -0.39 is 0 Å². The molecule has 0 bridgehead atoms. The highest BCUT2D eigenvalue weighted by Gasteiger charge is 2.27. The van der Waals surface area contributed by atoms with E-state index >= 15 is 0 Å². The molecule has 2 heterocycles. The monoisotopic (exact) mass is 395 g/mol. The Morgan fingerprint density at radius 1 is 1.03 bits per heavy atom. The van der Waals surface area contributed by atoms with Crippen molar-refractivity contribution in [3.63, 3.8) is 0 Å². The van der Waals surface area contributed by atoms with Crippen molar-refractivity contribution in [2.24, 2.45) is 5.92 Å². The van der Waals surface area contributed by atoms with E-state index in [-0.39, 0.29) is 11.7 Å². The van der Waals surface area contributed by atoms with Gasteiger partial charge in [0.15, 0.2) is 0 Å². The molecule has 2 fully saturated rings. The van der Waals surface area contributed by atoms with Crippen LogP contribution in [-0.2, 0) is 11.2 Å². The minimum atomic E-state index is -0.200. The van der Waals surface area contributed by atoms with E-state index in [2.05, 4.69) is 39.4 Å². The van der Waals surface area contributed by atoms with Crippen molar-refractivity contribution in [3.8, 4) is 0 Å². The summed E-state index contributed by atoms with van der Waals surface area (Å²) in [4.78, 5) is 17.2. The van der Waals surface area contributed by atoms with Crippen LogP contribution in [0.15, 0.2) is 54.6 Å². The Kier molecular flexibility index (Phi) is 6.45. The minimum absolute atomic E-state index is 0.120. The Balaban J connectivity index is 1.21. The predicted molar refractivity (Wildman–Crippen MR) is 114 cm³/mol. The zero-order valence-electron chi connectivity index (χ0n) is 16.9. The number of para-hydroxylation sites is 1. The highest BCUT2D eigenvalue weighted by molar-refractivity contribution is 5.78. The maximum atomic E-state index is 13.1. The summed E-state index contributed by atoms with van der Waals surface area (Å²) in [6.45, 7) is 4.22. The highest BCUT2D eigenvalue weighted by atomic mass is 19.1. The second kappa shape index (κ2) is 9.40. The third kappa shape index (κ3) is 5.36. The first-order valence-corrected chi connectivity index (χ1v) is 10.7. The number of benzene rings is 2. The average Bonchev–Trinajstić information content (AvgIpc) is 3.39. The zero-order valence-corrected chi connectivity index (χ0v) is 16.9. The Hall–Kier alpha value is -2.40. The second-order valence-electron chi connectivity index (χ2n) is 8.34. The lowest BCUT2D eigenvalue weighted by atomic mass is 10.0. The van der Waals surface area contributed by atoms with Crippen LogP contribution in [0.1, 0.15) is 24.8 Å². The molecule has 4 rings (SSSR count). The highest BCUT2D eigenvalue weighted by Crippen LogP contribution is 2.23. The van der Waals surface area contributed by atoms with E-state index in [0.717, 1.165) is 57.4 Å². The number of nitrogens with zero attached hydrogens (tertiary/aromatic N) is 2. The number of carbonyl (C=O) groups excluding carboxylic acids is 1. The van der Waals surface area contributed by atoms with Gasteiger partial charge >= 0.3 is 0 Å². The number of anilines is 1. The molecule has 0 unspecified atom stereocenters. The van der Waals surface area contributed by atoms with Gasteiger partial charge in [-0.05, 0) is 68.0 Å². The summed E-state index contributed by atoms with van der Waals surface area (Å²) in [6, 6.07) is 17.6. The van der Waals surface area contributed by atoms with Crippen LogP contribution >= 0.6 is 0 Å². The van der Waals surface area contributed by atoms with Crippen molar-refractivity contribution in [1.29, 1.82) is 0 Å². The van der Waals surface area contributed by atoms with E-state index in [0.29, 0.717) is 18.5 Å². The molecule has 2 aromatic carbocycles. The summed E-state index contributed by atoms with van der Waals surface area (Å²) >= 11 is 0. The third-order valence-corrected chi connectivity index (χ3v) is 6.23. The molecule has 2 atom stereocenters. The Morgan fingerprint density at radius 3 is 2.62 bits per heavy atom. The van der Waals surface area contributed by atoms with Crippen LogP contribution in [0.5, 0.6) is 0 Å². The fourth-order valence-electron chi connectivity index (χ4n) is 4.60. The van der Waals surface area contributed by atoms with Crippen LogP contribution in [-0.4, -0.2) is 49.6 Å². The number of halogens is 1. The second-order valence-corrected chi connectivity index (χ2v) is 8.34. The average molecular weight is 396 g/mol. The van der Waals surface area contributed by atoms with Crippen LogP contribution in [0.4, 0.5) is 10.1 Å². The van der Waals surface area contributed by atoms with Crippen LogP contribution in [0, 0.1) is 11.7 Å². The van der Waals surface area contributed by atoms with Crippen molar-refractivity contribution >= 4 is 11.6 Å². The number of hydrogen-bond acceptors (Lipinski definition) is 3. The van der Waals surface area contributed by atoms with Gasteiger partial charge in [0, 0.05) is 31.4 Å². The molecule has 0 aromatic heterocycles. The zero-order chi connectivity index (χ0) is 20.1. The van der Waals surface area contributed by atoms with Gasteiger partial charge in [-0.1, -0.05) is 30.3 Å². The summed E-state index contributed by atoms with van der Waals surface area (Å²) < 4.78 is 13.1. The molecule has 4 nitrogen and oxygen atoms in total. The summed E-state index contributed by atoms with van der Waals surface area (Å²) in [5, 5.41) is 3.16. The first kappa shape index (κ1) is 19.9. The summed E-state index contributed by atoms with van der Waals surface area (Å²) in [5.41, 5.74) is 2.40. The molecular formula is C24H30FN3O. The first-order valence-electron chi connectivity index (χ1n) is 10.7. The lowest BCUT2D eigenvalue weighted by molar-refractivity contribution is -0.122. The molecule has 0 spiro atoms. The summed E-state index contributed by atoms with van der Waals surface area (Å²) in [5.74, 6) is 0.427. The van der Waals surface area contributed by atoms with Crippen LogP contribution in [0.3, 0.4) is 0 Å². The fourth-order valence-corrected chi connectivity index (χ4v) is 4.60. The van der Waals surface area contributed by atoms with Gasteiger partial charge in [-0.3, -0.25) is 9.69 Å². The first-order chi connectivity index (χ1) is 14.2. The molecule has 1 amide bonds. The molecule has 154 valence electrons. The van der Waals surface area contributed by atoms with Gasteiger partial charge in [-0.25, -0.2) is 4.39 Å².